The summed E-state index contributed by atoms with van der Waals surface area (Å²) in [6, 6.07) is 6.46. The number of carboxylic acid groups (broad SMARTS) is 1. The Morgan fingerprint density at radius 3 is 2.48 bits per heavy atom. The Balaban J connectivity index is 1.92. The van der Waals surface area contributed by atoms with Crippen molar-refractivity contribution < 1.29 is 19.5 Å². The van der Waals surface area contributed by atoms with Crippen molar-refractivity contribution in [2.75, 3.05) is 6.54 Å². The molecule has 1 aliphatic heterocycles. The highest BCUT2D eigenvalue weighted by molar-refractivity contribution is 5.87. The molecule has 124 valence electrons. The topological polar surface area (TPSA) is 101 Å². The van der Waals surface area contributed by atoms with Crippen molar-refractivity contribution in [3.8, 4) is 0 Å². The molecule has 0 unspecified atom stereocenters. The number of likely N-dealkylation sites (tertiary alicyclic amines) is 1. The minimum Gasteiger partial charge on any atom is -0.478 e. The summed E-state index contributed by atoms with van der Waals surface area (Å²) in [6.07, 6.45) is 3.91. The first-order valence-electron chi connectivity index (χ1n) is 7.87. The summed E-state index contributed by atoms with van der Waals surface area (Å²) in [5, 5.41) is 8.87. The average molecular weight is 318 g/mol. The van der Waals surface area contributed by atoms with Crippen LogP contribution in [-0.4, -0.2) is 40.4 Å². The van der Waals surface area contributed by atoms with Crippen LogP contribution in [0.3, 0.4) is 0 Å². The number of aromatic carboxylic acids is 1. The Bertz CT molecular complexity index is 583. The van der Waals surface area contributed by atoms with Gasteiger partial charge in [-0.05, 0) is 43.4 Å². The summed E-state index contributed by atoms with van der Waals surface area (Å²) in [5.41, 5.74) is 6.42. The van der Waals surface area contributed by atoms with Crippen molar-refractivity contribution in [2.24, 2.45) is 5.73 Å². The average Bonchev–Trinajstić information content (AvgIpc) is 2.53. The van der Waals surface area contributed by atoms with Crippen molar-refractivity contribution in [3.05, 3.63) is 35.4 Å². The fourth-order valence-electron chi connectivity index (χ4n) is 2.98. The van der Waals surface area contributed by atoms with Crippen LogP contribution in [0.5, 0.6) is 0 Å². The second-order valence-electron chi connectivity index (χ2n) is 5.91. The lowest BCUT2D eigenvalue weighted by molar-refractivity contribution is -0.135. The van der Waals surface area contributed by atoms with Crippen molar-refractivity contribution in [1.29, 1.82) is 0 Å². The number of carboxylic acids is 1. The van der Waals surface area contributed by atoms with Gasteiger partial charge in [0.15, 0.2) is 0 Å². The SMILES string of the molecule is NC(=O)C[C@@H]1CCCCN1C(=O)CCc1ccc(C(=O)O)cc1. The lowest BCUT2D eigenvalue weighted by Gasteiger charge is -2.35. The van der Waals surface area contributed by atoms with Crippen molar-refractivity contribution >= 4 is 17.8 Å². The minimum atomic E-state index is -0.963. The van der Waals surface area contributed by atoms with E-state index in [4.69, 9.17) is 10.8 Å². The highest BCUT2D eigenvalue weighted by atomic mass is 16.4. The fraction of sp³-hybridized carbons (Fsp3) is 0.471. The van der Waals surface area contributed by atoms with Crippen LogP contribution in [0.15, 0.2) is 24.3 Å². The zero-order valence-corrected chi connectivity index (χ0v) is 13.0. The summed E-state index contributed by atoms with van der Waals surface area (Å²) >= 11 is 0. The second kappa shape index (κ2) is 7.76. The Morgan fingerprint density at radius 1 is 1.17 bits per heavy atom. The van der Waals surface area contributed by atoms with E-state index in [0.717, 1.165) is 24.8 Å². The van der Waals surface area contributed by atoms with Gasteiger partial charge in [-0.2, -0.15) is 0 Å². The maximum Gasteiger partial charge on any atom is 0.335 e. The first-order chi connectivity index (χ1) is 11.0. The lowest BCUT2D eigenvalue weighted by atomic mass is 9.98. The summed E-state index contributed by atoms with van der Waals surface area (Å²) in [5.74, 6) is -1.31. The molecule has 1 fully saturated rings. The molecule has 1 heterocycles. The van der Waals surface area contributed by atoms with Gasteiger partial charge >= 0.3 is 5.97 Å². The normalized spacial score (nSPS) is 17.7. The number of amides is 2. The van der Waals surface area contributed by atoms with Crippen LogP contribution in [0, 0.1) is 0 Å². The molecule has 6 heteroatoms. The minimum absolute atomic E-state index is 0.0262. The van der Waals surface area contributed by atoms with E-state index in [-0.39, 0.29) is 29.8 Å². The maximum absolute atomic E-state index is 12.4. The van der Waals surface area contributed by atoms with Crippen LogP contribution in [0.2, 0.25) is 0 Å². The largest absolute Gasteiger partial charge is 0.478 e. The van der Waals surface area contributed by atoms with Crippen LogP contribution in [0.1, 0.15) is 48.0 Å². The summed E-state index contributed by atoms with van der Waals surface area (Å²) < 4.78 is 0. The molecular weight excluding hydrogens is 296 g/mol. The number of benzene rings is 1. The van der Waals surface area contributed by atoms with Gasteiger partial charge in [-0.1, -0.05) is 12.1 Å². The van der Waals surface area contributed by atoms with E-state index < -0.39 is 5.97 Å². The zero-order chi connectivity index (χ0) is 16.8. The van der Waals surface area contributed by atoms with Gasteiger partial charge in [0.25, 0.3) is 0 Å². The van der Waals surface area contributed by atoms with Crippen LogP contribution >= 0.6 is 0 Å². The molecule has 0 saturated carbocycles. The molecule has 1 aromatic carbocycles. The molecule has 2 rings (SSSR count). The number of hydrogen-bond acceptors (Lipinski definition) is 3. The Morgan fingerprint density at radius 2 is 1.87 bits per heavy atom. The molecule has 23 heavy (non-hydrogen) atoms. The van der Waals surface area contributed by atoms with Gasteiger partial charge < -0.3 is 15.7 Å². The third kappa shape index (κ3) is 4.81. The Hall–Kier alpha value is -2.37. The van der Waals surface area contributed by atoms with E-state index in [1.807, 2.05) is 0 Å². The lowest BCUT2D eigenvalue weighted by Crippen LogP contribution is -2.45. The molecule has 0 bridgehead atoms. The number of carbonyl (C=O) groups excluding carboxylic acids is 2. The number of nitrogens with two attached hydrogens (primary N) is 1. The van der Waals surface area contributed by atoms with Gasteiger partial charge in [0, 0.05) is 25.4 Å². The quantitative estimate of drug-likeness (QED) is 0.831. The third-order valence-corrected chi connectivity index (χ3v) is 4.21. The number of rotatable bonds is 6. The third-order valence-electron chi connectivity index (χ3n) is 4.21. The highest BCUT2D eigenvalue weighted by Crippen LogP contribution is 2.21. The molecule has 0 aromatic heterocycles. The molecule has 1 aromatic rings. The van der Waals surface area contributed by atoms with Crippen LogP contribution in [0.25, 0.3) is 0 Å². The first kappa shape index (κ1) is 17.0. The van der Waals surface area contributed by atoms with E-state index in [2.05, 4.69) is 0 Å². The molecular formula is C17H22N2O4. The van der Waals surface area contributed by atoms with Crippen molar-refractivity contribution in [2.45, 2.75) is 44.6 Å². The van der Waals surface area contributed by atoms with Gasteiger partial charge in [0.1, 0.15) is 0 Å². The highest BCUT2D eigenvalue weighted by Gasteiger charge is 2.27. The summed E-state index contributed by atoms with van der Waals surface area (Å²) in [6.45, 7) is 0.675. The number of aryl methyl sites for hydroxylation is 1. The summed E-state index contributed by atoms with van der Waals surface area (Å²) in [7, 11) is 0. The van der Waals surface area contributed by atoms with Crippen LogP contribution in [-0.2, 0) is 16.0 Å². The fourth-order valence-corrected chi connectivity index (χ4v) is 2.98. The number of hydrogen-bond donors (Lipinski definition) is 2. The number of primary amides is 1. The van der Waals surface area contributed by atoms with Gasteiger partial charge in [-0.15, -0.1) is 0 Å². The van der Waals surface area contributed by atoms with E-state index in [1.165, 1.54) is 0 Å². The standard InChI is InChI=1S/C17H22N2O4/c18-15(20)11-14-3-1-2-10-19(14)16(21)9-6-12-4-7-13(8-5-12)17(22)23/h4-5,7-8,14H,1-3,6,9-11H2,(H2,18,20)(H,22,23)/t14-/m0/s1. The predicted molar refractivity (Wildman–Crippen MR) is 84.9 cm³/mol. The smallest absolute Gasteiger partial charge is 0.335 e. The van der Waals surface area contributed by atoms with Crippen LogP contribution in [0.4, 0.5) is 0 Å². The Kier molecular flexibility index (Phi) is 5.73. The van der Waals surface area contributed by atoms with Crippen LogP contribution < -0.4 is 5.73 Å². The van der Waals surface area contributed by atoms with Gasteiger partial charge in [-0.25, -0.2) is 4.79 Å². The molecule has 2 amide bonds. The number of carbonyl (C=O) groups is 3. The van der Waals surface area contributed by atoms with Gasteiger partial charge in [-0.3, -0.25) is 9.59 Å². The molecule has 1 saturated heterocycles. The van der Waals surface area contributed by atoms with E-state index in [1.54, 1.807) is 29.2 Å². The first-order valence-corrected chi connectivity index (χ1v) is 7.87. The van der Waals surface area contributed by atoms with E-state index in [0.29, 0.717) is 19.4 Å². The molecule has 0 radical (unpaired) electrons. The predicted octanol–water partition coefficient (Wildman–Crippen LogP) is 1.57. The number of piperidine rings is 1. The zero-order valence-electron chi connectivity index (χ0n) is 13.0. The summed E-state index contributed by atoms with van der Waals surface area (Å²) in [4.78, 5) is 36.1. The molecule has 0 spiro atoms. The molecule has 1 aliphatic rings. The monoisotopic (exact) mass is 318 g/mol. The molecule has 0 aliphatic carbocycles. The number of nitrogens with zero attached hydrogens (tertiary/aromatic N) is 1. The molecule has 3 N–H and O–H groups in total. The van der Waals surface area contributed by atoms with Crippen molar-refractivity contribution in [3.63, 3.8) is 0 Å². The van der Waals surface area contributed by atoms with Gasteiger partial charge in [0.2, 0.25) is 11.8 Å². The molecule has 1 atom stereocenters. The van der Waals surface area contributed by atoms with E-state index in [9.17, 15) is 14.4 Å². The van der Waals surface area contributed by atoms with E-state index >= 15 is 0 Å². The molecule has 6 nitrogen and oxygen atoms in total. The van der Waals surface area contributed by atoms with Crippen molar-refractivity contribution in [1.82, 2.24) is 4.90 Å². The maximum atomic E-state index is 12.4. The second-order valence-corrected chi connectivity index (χ2v) is 5.91. The van der Waals surface area contributed by atoms with Gasteiger partial charge in [0.05, 0.1) is 5.56 Å². The Labute approximate surface area is 135 Å².